The zero-order valence-corrected chi connectivity index (χ0v) is 17.5. The topological polar surface area (TPSA) is 208 Å². The molecule has 5 unspecified atom stereocenters. The Morgan fingerprint density at radius 3 is 1.77 bits per heavy atom. The number of hydrogen-bond acceptors (Lipinski definition) is 7. The zero-order chi connectivity index (χ0) is 23.6. The number of aliphatic hydroxyl groups excluding tert-OH is 1. The smallest absolute Gasteiger partial charge is 0.326 e. The Morgan fingerprint density at radius 1 is 0.867 bits per heavy atom. The predicted octanol–water partition coefficient (Wildman–Crippen LogP) is -1.98. The van der Waals surface area contributed by atoms with Crippen LogP contribution in [-0.4, -0.2) is 75.8 Å². The third kappa shape index (κ3) is 8.74. The Balaban J connectivity index is 5.31. The molecule has 0 aliphatic rings. The molecule has 12 heteroatoms. The number of carbonyl (C=O) groups is 5. The summed E-state index contributed by atoms with van der Waals surface area (Å²) >= 11 is 0. The van der Waals surface area contributed by atoms with E-state index in [2.05, 4.69) is 16.0 Å². The van der Waals surface area contributed by atoms with Crippen molar-refractivity contribution < 1.29 is 39.3 Å². The van der Waals surface area contributed by atoms with Crippen molar-refractivity contribution in [2.24, 2.45) is 17.6 Å². The third-order valence-electron chi connectivity index (χ3n) is 4.62. The molecule has 0 aliphatic heterocycles. The van der Waals surface area contributed by atoms with Crippen LogP contribution in [0.15, 0.2) is 0 Å². The molecule has 0 heterocycles. The van der Waals surface area contributed by atoms with Crippen molar-refractivity contribution in [3.63, 3.8) is 0 Å². The SMILES string of the molecule is CCC(C)C(N)C(=O)NC(CO)C(=O)NC(CC(=O)O)C(=O)NC(C(=O)O)C(C)C. The van der Waals surface area contributed by atoms with Crippen LogP contribution in [0.4, 0.5) is 0 Å². The Kier molecular flexibility index (Phi) is 11.6. The van der Waals surface area contributed by atoms with Gasteiger partial charge in [0.1, 0.15) is 18.1 Å². The van der Waals surface area contributed by atoms with Crippen molar-refractivity contribution in [2.75, 3.05) is 6.61 Å². The second kappa shape index (κ2) is 12.8. The van der Waals surface area contributed by atoms with Crippen LogP contribution in [0.5, 0.6) is 0 Å². The van der Waals surface area contributed by atoms with Gasteiger partial charge >= 0.3 is 11.9 Å². The summed E-state index contributed by atoms with van der Waals surface area (Å²) in [5.74, 6) is -6.16. The molecule has 0 bridgehead atoms. The lowest BCUT2D eigenvalue weighted by atomic mass is 9.99. The second-order valence-corrected chi connectivity index (χ2v) is 7.38. The minimum Gasteiger partial charge on any atom is -0.481 e. The first-order valence-corrected chi connectivity index (χ1v) is 9.57. The molecule has 5 atom stereocenters. The number of rotatable bonds is 13. The monoisotopic (exact) mass is 432 g/mol. The fourth-order valence-corrected chi connectivity index (χ4v) is 2.40. The Morgan fingerprint density at radius 2 is 1.37 bits per heavy atom. The molecule has 0 aliphatic carbocycles. The van der Waals surface area contributed by atoms with Gasteiger partial charge in [-0.2, -0.15) is 0 Å². The molecule has 0 saturated carbocycles. The number of amides is 3. The van der Waals surface area contributed by atoms with Crippen molar-refractivity contribution in [1.82, 2.24) is 16.0 Å². The van der Waals surface area contributed by atoms with Gasteiger partial charge in [-0.1, -0.05) is 34.1 Å². The van der Waals surface area contributed by atoms with Gasteiger partial charge in [0.25, 0.3) is 0 Å². The van der Waals surface area contributed by atoms with Crippen molar-refractivity contribution >= 4 is 29.7 Å². The first kappa shape index (κ1) is 27.3. The quantitative estimate of drug-likeness (QED) is 0.172. The molecular weight excluding hydrogens is 400 g/mol. The molecule has 0 rings (SSSR count). The molecule has 0 spiro atoms. The number of carboxylic acids is 2. The molecule has 0 saturated heterocycles. The van der Waals surface area contributed by atoms with Crippen LogP contribution in [0.25, 0.3) is 0 Å². The highest BCUT2D eigenvalue weighted by Crippen LogP contribution is 2.06. The molecule has 0 aromatic carbocycles. The lowest BCUT2D eigenvalue weighted by Gasteiger charge is -2.25. The summed E-state index contributed by atoms with van der Waals surface area (Å²) in [6.07, 6.45) is -0.230. The van der Waals surface area contributed by atoms with Gasteiger partial charge < -0.3 is 37.0 Å². The number of hydrogen-bond donors (Lipinski definition) is 7. The van der Waals surface area contributed by atoms with Gasteiger partial charge in [0.05, 0.1) is 19.1 Å². The van der Waals surface area contributed by atoms with Crippen LogP contribution in [0.3, 0.4) is 0 Å². The molecule has 12 nitrogen and oxygen atoms in total. The van der Waals surface area contributed by atoms with E-state index in [9.17, 15) is 29.1 Å². The lowest BCUT2D eigenvalue weighted by molar-refractivity contribution is -0.144. The summed E-state index contributed by atoms with van der Waals surface area (Å²) < 4.78 is 0. The fraction of sp³-hybridized carbons (Fsp3) is 0.722. The van der Waals surface area contributed by atoms with Crippen molar-refractivity contribution in [2.45, 2.75) is 64.7 Å². The van der Waals surface area contributed by atoms with E-state index in [-0.39, 0.29) is 5.92 Å². The largest absolute Gasteiger partial charge is 0.481 e. The van der Waals surface area contributed by atoms with Crippen LogP contribution >= 0.6 is 0 Å². The highest BCUT2D eigenvalue weighted by atomic mass is 16.4. The molecule has 0 aromatic heterocycles. The standard InChI is InChI=1S/C18H32N4O8/c1-5-9(4)13(19)17(28)21-11(7-23)16(27)20-10(6-12(24)25)15(26)22-14(8(2)3)18(29)30/h8-11,13-14,23H,5-7,19H2,1-4H3,(H,20,27)(H,21,28)(H,22,26)(H,24,25)(H,29,30). The van der Waals surface area contributed by atoms with E-state index in [0.717, 1.165) is 0 Å². The maximum absolute atomic E-state index is 12.4. The summed E-state index contributed by atoms with van der Waals surface area (Å²) in [6, 6.07) is -5.33. The number of carbonyl (C=O) groups excluding carboxylic acids is 3. The van der Waals surface area contributed by atoms with E-state index < -0.39 is 72.8 Å². The first-order chi connectivity index (χ1) is 13.8. The van der Waals surface area contributed by atoms with Gasteiger partial charge in [-0.25, -0.2) is 4.79 Å². The average molecular weight is 432 g/mol. The molecule has 0 radical (unpaired) electrons. The molecule has 0 fully saturated rings. The molecular formula is C18H32N4O8. The van der Waals surface area contributed by atoms with Gasteiger partial charge in [0.2, 0.25) is 17.7 Å². The van der Waals surface area contributed by atoms with E-state index in [0.29, 0.717) is 6.42 Å². The maximum Gasteiger partial charge on any atom is 0.326 e. The Labute approximate surface area is 174 Å². The number of carboxylic acid groups (broad SMARTS) is 2. The fourth-order valence-electron chi connectivity index (χ4n) is 2.40. The van der Waals surface area contributed by atoms with Gasteiger partial charge in [0.15, 0.2) is 0 Å². The summed E-state index contributed by atoms with van der Waals surface area (Å²) in [7, 11) is 0. The van der Waals surface area contributed by atoms with E-state index >= 15 is 0 Å². The highest BCUT2D eigenvalue weighted by Gasteiger charge is 2.32. The number of aliphatic carboxylic acids is 2. The van der Waals surface area contributed by atoms with E-state index in [4.69, 9.17) is 15.9 Å². The molecule has 0 aromatic rings. The molecule has 30 heavy (non-hydrogen) atoms. The molecule has 8 N–H and O–H groups in total. The van der Waals surface area contributed by atoms with Crippen molar-refractivity contribution in [1.29, 1.82) is 0 Å². The van der Waals surface area contributed by atoms with E-state index in [1.165, 1.54) is 0 Å². The van der Waals surface area contributed by atoms with Crippen LogP contribution in [0.2, 0.25) is 0 Å². The zero-order valence-electron chi connectivity index (χ0n) is 17.5. The van der Waals surface area contributed by atoms with Crippen LogP contribution in [-0.2, 0) is 24.0 Å². The second-order valence-electron chi connectivity index (χ2n) is 7.38. The summed E-state index contributed by atoms with van der Waals surface area (Å²) in [4.78, 5) is 59.3. The highest BCUT2D eigenvalue weighted by molar-refractivity contribution is 5.95. The van der Waals surface area contributed by atoms with E-state index in [1.807, 2.05) is 6.92 Å². The third-order valence-corrected chi connectivity index (χ3v) is 4.62. The average Bonchev–Trinajstić information content (AvgIpc) is 2.66. The number of aliphatic hydroxyl groups is 1. The van der Waals surface area contributed by atoms with Crippen LogP contribution < -0.4 is 21.7 Å². The first-order valence-electron chi connectivity index (χ1n) is 9.57. The Bertz CT molecular complexity index is 640. The minimum absolute atomic E-state index is 0.193. The molecule has 3 amide bonds. The Hall–Kier alpha value is -2.73. The van der Waals surface area contributed by atoms with Gasteiger partial charge in [-0.15, -0.1) is 0 Å². The van der Waals surface area contributed by atoms with E-state index in [1.54, 1.807) is 20.8 Å². The molecule has 172 valence electrons. The maximum atomic E-state index is 12.4. The number of nitrogens with two attached hydrogens (primary N) is 1. The summed E-state index contributed by atoms with van der Waals surface area (Å²) in [5.41, 5.74) is 5.78. The number of nitrogens with one attached hydrogen (secondary N) is 3. The summed E-state index contributed by atoms with van der Waals surface area (Å²) in [5, 5.41) is 34.2. The minimum atomic E-state index is -1.62. The van der Waals surface area contributed by atoms with Gasteiger partial charge in [-0.3, -0.25) is 19.2 Å². The summed E-state index contributed by atoms with van der Waals surface area (Å²) in [6.45, 7) is 5.82. The van der Waals surface area contributed by atoms with Gasteiger partial charge in [0, 0.05) is 0 Å². The van der Waals surface area contributed by atoms with Crippen LogP contribution in [0, 0.1) is 11.8 Å². The predicted molar refractivity (Wildman–Crippen MR) is 105 cm³/mol. The van der Waals surface area contributed by atoms with Crippen molar-refractivity contribution in [3.8, 4) is 0 Å². The lowest BCUT2D eigenvalue weighted by Crippen LogP contribution is -2.59. The van der Waals surface area contributed by atoms with Crippen LogP contribution in [0.1, 0.15) is 40.5 Å². The normalized spacial score (nSPS) is 16.0. The van der Waals surface area contributed by atoms with Gasteiger partial charge in [-0.05, 0) is 11.8 Å². The van der Waals surface area contributed by atoms with Crippen molar-refractivity contribution in [3.05, 3.63) is 0 Å².